The van der Waals surface area contributed by atoms with Crippen molar-refractivity contribution in [2.45, 2.75) is 38.6 Å². The van der Waals surface area contributed by atoms with E-state index in [0.29, 0.717) is 11.0 Å². The van der Waals surface area contributed by atoms with Gasteiger partial charge in [0.15, 0.2) is 0 Å². The lowest BCUT2D eigenvalue weighted by molar-refractivity contribution is 0.371. The van der Waals surface area contributed by atoms with Gasteiger partial charge >= 0.3 is 0 Å². The first-order valence-corrected chi connectivity index (χ1v) is 6.65. The lowest BCUT2D eigenvalue weighted by atomic mass is 9.90. The molecule has 0 aliphatic rings. The molecular formula is C12H21Cl2N3. The van der Waals surface area contributed by atoms with Crippen LogP contribution in [0.1, 0.15) is 32.0 Å². The van der Waals surface area contributed by atoms with Crippen LogP contribution in [-0.4, -0.2) is 35.3 Å². The highest BCUT2D eigenvalue weighted by Gasteiger charge is 2.25. The van der Waals surface area contributed by atoms with Crippen LogP contribution < -0.4 is 0 Å². The number of aromatic nitrogens is 2. The van der Waals surface area contributed by atoms with Crippen molar-refractivity contribution in [3.05, 3.63) is 16.4 Å². The van der Waals surface area contributed by atoms with Crippen LogP contribution in [0.4, 0.5) is 0 Å². The number of alkyl halides is 1. The molecule has 17 heavy (non-hydrogen) atoms. The van der Waals surface area contributed by atoms with Crippen LogP contribution in [0.2, 0.25) is 5.15 Å². The molecule has 0 atom stereocenters. The highest BCUT2D eigenvalue weighted by molar-refractivity contribution is 6.31. The molecule has 1 aromatic rings. The average molecular weight is 278 g/mol. The number of nitrogens with zero attached hydrogens (tertiary/aromatic N) is 3. The first-order valence-electron chi connectivity index (χ1n) is 5.73. The topological polar surface area (TPSA) is 21.1 Å². The molecule has 0 N–H and O–H groups in total. The van der Waals surface area contributed by atoms with Gasteiger partial charge in [0.05, 0.1) is 18.1 Å². The molecule has 1 heterocycles. The Labute approximate surface area is 114 Å². The Morgan fingerprint density at radius 2 is 1.88 bits per heavy atom. The van der Waals surface area contributed by atoms with Gasteiger partial charge in [-0.2, -0.15) is 5.10 Å². The average Bonchev–Trinajstić information content (AvgIpc) is 2.51. The second-order valence-electron chi connectivity index (χ2n) is 5.53. The van der Waals surface area contributed by atoms with Crippen molar-refractivity contribution < 1.29 is 0 Å². The van der Waals surface area contributed by atoms with E-state index in [1.165, 1.54) is 0 Å². The summed E-state index contributed by atoms with van der Waals surface area (Å²) in [5, 5.41) is 5.27. The highest BCUT2D eigenvalue weighted by Crippen LogP contribution is 2.31. The van der Waals surface area contributed by atoms with Crippen molar-refractivity contribution >= 4 is 23.2 Å². The van der Waals surface area contributed by atoms with E-state index in [0.717, 1.165) is 24.3 Å². The monoisotopic (exact) mass is 277 g/mol. The molecule has 3 nitrogen and oxygen atoms in total. The lowest BCUT2D eigenvalue weighted by Crippen LogP contribution is -2.20. The first kappa shape index (κ1) is 14.8. The van der Waals surface area contributed by atoms with E-state index >= 15 is 0 Å². The Morgan fingerprint density at radius 1 is 1.29 bits per heavy atom. The third kappa shape index (κ3) is 3.60. The maximum absolute atomic E-state index is 6.32. The lowest BCUT2D eigenvalue weighted by Gasteiger charge is -2.16. The summed E-state index contributed by atoms with van der Waals surface area (Å²) in [6.45, 7) is 8.06. The third-order valence-electron chi connectivity index (χ3n) is 2.59. The summed E-state index contributed by atoms with van der Waals surface area (Å²) >= 11 is 12.3. The molecule has 0 aliphatic carbocycles. The molecule has 0 radical (unpaired) electrons. The maximum Gasteiger partial charge on any atom is 0.131 e. The number of likely N-dealkylation sites (N-methyl/N-ethyl adjacent to an activating group) is 1. The molecule has 0 aromatic carbocycles. The molecule has 98 valence electrons. The summed E-state index contributed by atoms with van der Waals surface area (Å²) in [7, 11) is 4.06. The van der Waals surface area contributed by atoms with Crippen LogP contribution in [0.3, 0.4) is 0 Å². The molecule has 0 unspecified atom stereocenters. The van der Waals surface area contributed by atoms with Crippen LogP contribution in [0.25, 0.3) is 0 Å². The molecule has 0 aliphatic heterocycles. The molecule has 0 saturated carbocycles. The third-order valence-corrected chi connectivity index (χ3v) is 3.28. The van der Waals surface area contributed by atoms with Crippen LogP contribution >= 0.6 is 23.2 Å². The van der Waals surface area contributed by atoms with Crippen LogP contribution in [0.15, 0.2) is 0 Å². The Morgan fingerprint density at radius 3 is 2.24 bits per heavy atom. The fourth-order valence-electron chi connectivity index (χ4n) is 1.64. The van der Waals surface area contributed by atoms with Gasteiger partial charge in [0.25, 0.3) is 0 Å². The minimum Gasteiger partial charge on any atom is -0.308 e. The molecule has 0 bridgehead atoms. The van der Waals surface area contributed by atoms with E-state index < -0.39 is 0 Å². The Kier molecular flexibility index (Phi) is 4.87. The maximum atomic E-state index is 6.32. The van der Waals surface area contributed by atoms with Gasteiger partial charge in [-0.25, -0.2) is 0 Å². The van der Waals surface area contributed by atoms with Crippen molar-refractivity contribution in [1.82, 2.24) is 14.7 Å². The molecule has 0 amide bonds. The minimum atomic E-state index is -0.0305. The standard InChI is InChI=1S/C12H21Cl2N3/c1-12(2,3)10-9(8-13)11(14)17(15-10)7-6-16(4)5/h6-8H2,1-5H3. The molecule has 1 rings (SSSR count). The minimum absolute atomic E-state index is 0.0305. The number of rotatable bonds is 4. The van der Waals surface area contributed by atoms with E-state index in [1.807, 2.05) is 18.8 Å². The van der Waals surface area contributed by atoms with Gasteiger partial charge in [-0.1, -0.05) is 32.4 Å². The van der Waals surface area contributed by atoms with Crippen LogP contribution in [0, 0.1) is 0 Å². The van der Waals surface area contributed by atoms with Gasteiger partial charge in [0.2, 0.25) is 0 Å². The Bertz CT molecular complexity index is 378. The van der Waals surface area contributed by atoms with E-state index in [4.69, 9.17) is 23.2 Å². The zero-order chi connectivity index (χ0) is 13.2. The number of hydrogen-bond acceptors (Lipinski definition) is 2. The second kappa shape index (κ2) is 5.59. The van der Waals surface area contributed by atoms with Gasteiger partial charge in [-0.15, -0.1) is 11.6 Å². The molecule has 0 fully saturated rings. The molecule has 0 saturated heterocycles. The van der Waals surface area contributed by atoms with Crippen LogP contribution in [0.5, 0.6) is 0 Å². The summed E-state index contributed by atoms with van der Waals surface area (Å²) in [5.74, 6) is 0.410. The highest BCUT2D eigenvalue weighted by atomic mass is 35.5. The summed E-state index contributed by atoms with van der Waals surface area (Å²) in [4.78, 5) is 2.11. The zero-order valence-electron chi connectivity index (χ0n) is 11.2. The predicted molar refractivity (Wildman–Crippen MR) is 74.0 cm³/mol. The van der Waals surface area contributed by atoms with Crippen molar-refractivity contribution in [1.29, 1.82) is 0 Å². The summed E-state index contributed by atoms with van der Waals surface area (Å²) < 4.78 is 1.85. The fourth-order valence-corrected chi connectivity index (χ4v) is 2.24. The van der Waals surface area contributed by atoms with Crippen molar-refractivity contribution in [3.63, 3.8) is 0 Å². The van der Waals surface area contributed by atoms with E-state index in [9.17, 15) is 0 Å². The smallest absolute Gasteiger partial charge is 0.131 e. The van der Waals surface area contributed by atoms with Gasteiger partial charge in [0, 0.05) is 17.5 Å². The van der Waals surface area contributed by atoms with Gasteiger partial charge in [0.1, 0.15) is 5.15 Å². The Hall–Kier alpha value is -0.250. The van der Waals surface area contributed by atoms with E-state index in [2.05, 4.69) is 30.8 Å². The molecule has 0 spiro atoms. The largest absolute Gasteiger partial charge is 0.308 e. The Balaban J connectivity index is 3.05. The first-order chi connectivity index (χ1) is 7.77. The summed E-state index contributed by atoms with van der Waals surface area (Å²) in [6, 6.07) is 0. The van der Waals surface area contributed by atoms with Crippen molar-refractivity contribution in [3.8, 4) is 0 Å². The summed E-state index contributed by atoms with van der Waals surface area (Å²) in [6.07, 6.45) is 0. The molecular weight excluding hydrogens is 257 g/mol. The second-order valence-corrected chi connectivity index (χ2v) is 6.15. The number of halogens is 2. The van der Waals surface area contributed by atoms with Crippen molar-refractivity contribution in [2.24, 2.45) is 0 Å². The molecule has 1 aromatic heterocycles. The van der Waals surface area contributed by atoms with E-state index in [-0.39, 0.29) is 5.41 Å². The van der Waals surface area contributed by atoms with Crippen LogP contribution in [-0.2, 0) is 17.8 Å². The zero-order valence-corrected chi connectivity index (χ0v) is 12.7. The quantitative estimate of drug-likeness (QED) is 0.789. The predicted octanol–water partition coefficient (Wildman–Crippen LogP) is 3.13. The van der Waals surface area contributed by atoms with Gasteiger partial charge in [-0.05, 0) is 14.1 Å². The van der Waals surface area contributed by atoms with Gasteiger partial charge < -0.3 is 4.90 Å². The van der Waals surface area contributed by atoms with Crippen molar-refractivity contribution in [2.75, 3.05) is 20.6 Å². The SMILES string of the molecule is CN(C)CCn1nc(C(C)(C)C)c(CCl)c1Cl. The van der Waals surface area contributed by atoms with Gasteiger partial charge in [-0.3, -0.25) is 4.68 Å². The molecule has 5 heteroatoms. The van der Waals surface area contributed by atoms with E-state index in [1.54, 1.807) is 0 Å². The summed E-state index contributed by atoms with van der Waals surface area (Å²) in [5.41, 5.74) is 1.92. The fraction of sp³-hybridized carbons (Fsp3) is 0.750. The normalized spacial score (nSPS) is 12.5. The number of hydrogen-bond donors (Lipinski definition) is 0.